The highest BCUT2D eigenvalue weighted by Crippen LogP contribution is 2.21. The molecule has 7 heteroatoms. The molecule has 1 aliphatic heterocycles. The van der Waals surface area contributed by atoms with Crippen molar-refractivity contribution in [2.75, 3.05) is 26.2 Å². The predicted molar refractivity (Wildman–Crippen MR) is 83.3 cm³/mol. The summed E-state index contributed by atoms with van der Waals surface area (Å²) in [5.74, 6) is 0. The highest BCUT2D eigenvalue weighted by Gasteiger charge is 2.26. The van der Waals surface area contributed by atoms with Crippen LogP contribution in [0.25, 0.3) is 10.9 Å². The van der Waals surface area contributed by atoms with Crippen LogP contribution in [0.2, 0.25) is 0 Å². The van der Waals surface area contributed by atoms with Gasteiger partial charge in [0.15, 0.2) is 0 Å². The van der Waals surface area contributed by atoms with Gasteiger partial charge in [-0.15, -0.1) is 0 Å². The van der Waals surface area contributed by atoms with Crippen molar-refractivity contribution in [2.45, 2.75) is 12.8 Å². The Hall–Kier alpha value is -1.41. The minimum atomic E-state index is -3.25. The topological polar surface area (TPSA) is 91.2 Å². The molecular formula is C14H20N4O2S. The summed E-state index contributed by atoms with van der Waals surface area (Å²) < 4.78 is 27.4. The maximum atomic E-state index is 11.7. The average Bonchev–Trinajstić information content (AvgIpc) is 3.00. The fraction of sp³-hybridized carbons (Fsp3) is 0.429. The molecule has 1 aromatic carbocycles. The van der Waals surface area contributed by atoms with Gasteiger partial charge in [-0.05, 0) is 42.6 Å². The molecule has 0 bridgehead atoms. The second-order valence-electron chi connectivity index (χ2n) is 5.28. The minimum absolute atomic E-state index is 0.500. The Morgan fingerprint density at radius 1 is 1.29 bits per heavy atom. The first-order valence-electron chi connectivity index (χ1n) is 7.14. The number of rotatable bonds is 5. The lowest BCUT2D eigenvalue weighted by Gasteiger charge is -2.13. The Balaban J connectivity index is 1.76. The lowest BCUT2D eigenvalue weighted by molar-refractivity contribution is 0.453. The van der Waals surface area contributed by atoms with Gasteiger partial charge in [0.25, 0.3) is 10.2 Å². The zero-order valence-electron chi connectivity index (χ0n) is 11.8. The molecule has 1 saturated heterocycles. The van der Waals surface area contributed by atoms with Crippen LogP contribution in [0.4, 0.5) is 0 Å². The second-order valence-corrected chi connectivity index (χ2v) is 7.04. The largest absolute Gasteiger partial charge is 0.361 e. The van der Waals surface area contributed by atoms with Gasteiger partial charge in [0.1, 0.15) is 0 Å². The van der Waals surface area contributed by atoms with Crippen LogP contribution in [0.1, 0.15) is 11.1 Å². The van der Waals surface area contributed by atoms with Gasteiger partial charge in [0.2, 0.25) is 0 Å². The van der Waals surface area contributed by atoms with Gasteiger partial charge in [-0.2, -0.15) is 12.7 Å². The van der Waals surface area contributed by atoms with Gasteiger partial charge < -0.3 is 10.7 Å². The molecule has 0 unspecified atom stereocenters. The van der Waals surface area contributed by atoms with Crippen molar-refractivity contribution in [3.8, 4) is 0 Å². The molecule has 1 fully saturated rings. The smallest absolute Gasteiger partial charge is 0.279 e. The first-order chi connectivity index (χ1) is 10.1. The Labute approximate surface area is 124 Å². The summed E-state index contributed by atoms with van der Waals surface area (Å²) in [5, 5.41) is 1.18. The average molecular weight is 308 g/mol. The molecular weight excluding hydrogens is 288 g/mol. The standard InChI is InChI=1S/C14H20N4O2S/c15-5-3-12-10-16-14-2-1-11(9-13(12)14)4-7-18-8-6-17-21(18,19)20/h1-2,9-10,16-17H,3-8,15H2. The number of nitrogens with zero attached hydrogens (tertiary/aromatic N) is 1. The molecule has 2 aromatic rings. The zero-order chi connectivity index (χ0) is 14.9. The van der Waals surface area contributed by atoms with Crippen molar-refractivity contribution < 1.29 is 8.42 Å². The number of benzene rings is 1. The molecule has 3 rings (SSSR count). The van der Waals surface area contributed by atoms with Crippen LogP contribution in [0.15, 0.2) is 24.4 Å². The molecule has 0 atom stereocenters. The zero-order valence-corrected chi connectivity index (χ0v) is 12.6. The molecule has 0 spiro atoms. The van der Waals surface area contributed by atoms with E-state index in [2.05, 4.69) is 15.8 Å². The van der Waals surface area contributed by atoms with Gasteiger partial charge in [-0.3, -0.25) is 0 Å². The van der Waals surface area contributed by atoms with E-state index in [-0.39, 0.29) is 0 Å². The number of nitrogens with two attached hydrogens (primary N) is 1. The third-order valence-electron chi connectivity index (χ3n) is 3.88. The van der Waals surface area contributed by atoms with Gasteiger partial charge in [-0.25, -0.2) is 4.72 Å². The predicted octanol–water partition coefficient (Wildman–Crippen LogP) is 0.362. The normalized spacial score (nSPS) is 18.5. The van der Waals surface area contributed by atoms with Crippen LogP contribution in [0.5, 0.6) is 0 Å². The molecule has 4 N–H and O–H groups in total. The minimum Gasteiger partial charge on any atom is -0.361 e. The summed E-state index contributed by atoms with van der Waals surface area (Å²) in [6.07, 6.45) is 3.55. The van der Waals surface area contributed by atoms with Crippen molar-refractivity contribution in [3.05, 3.63) is 35.5 Å². The van der Waals surface area contributed by atoms with E-state index in [0.29, 0.717) is 32.6 Å². The number of fused-ring (bicyclic) bond motifs is 1. The molecule has 0 aliphatic carbocycles. The third kappa shape index (κ3) is 2.96. The molecule has 0 radical (unpaired) electrons. The number of aromatic nitrogens is 1. The maximum absolute atomic E-state index is 11.7. The number of hydrogen-bond acceptors (Lipinski definition) is 3. The SMILES string of the molecule is NCCc1c[nH]c2ccc(CCN3CCNS3(=O)=O)cc12. The van der Waals surface area contributed by atoms with Gasteiger partial charge >= 0.3 is 0 Å². The summed E-state index contributed by atoms with van der Waals surface area (Å²) >= 11 is 0. The lowest BCUT2D eigenvalue weighted by Crippen LogP contribution is -2.31. The molecule has 1 aliphatic rings. The first-order valence-corrected chi connectivity index (χ1v) is 8.58. The molecule has 21 heavy (non-hydrogen) atoms. The number of hydrogen-bond donors (Lipinski definition) is 3. The van der Waals surface area contributed by atoms with E-state index in [1.165, 1.54) is 15.3 Å². The summed E-state index contributed by atoms with van der Waals surface area (Å²) in [4.78, 5) is 3.24. The summed E-state index contributed by atoms with van der Waals surface area (Å²) in [7, 11) is -3.25. The number of nitrogens with one attached hydrogen (secondary N) is 2. The fourth-order valence-corrected chi connectivity index (χ4v) is 3.94. The van der Waals surface area contributed by atoms with E-state index in [1.807, 2.05) is 18.3 Å². The quantitative estimate of drug-likeness (QED) is 0.745. The summed E-state index contributed by atoms with van der Waals surface area (Å²) in [6, 6.07) is 6.22. The lowest BCUT2D eigenvalue weighted by atomic mass is 10.1. The highest BCUT2D eigenvalue weighted by atomic mass is 32.2. The van der Waals surface area contributed by atoms with E-state index in [0.717, 1.165) is 17.5 Å². The summed E-state index contributed by atoms with van der Waals surface area (Å²) in [5.41, 5.74) is 9.07. The Kier molecular flexibility index (Phi) is 3.99. The fourth-order valence-electron chi connectivity index (χ4n) is 2.74. The van der Waals surface area contributed by atoms with Crippen LogP contribution in [0, 0.1) is 0 Å². The molecule has 0 saturated carbocycles. The molecule has 1 aromatic heterocycles. The van der Waals surface area contributed by atoms with Gasteiger partial charge in [0, 0.05) is 36.7 Å². The van der Waals surface area contributed by atoms with E-state index in [4.69, 9.17) is 5.73 Å². The van der Waals surface area contributed by atoms with Crippen molar-refractivity contribution in [1.29, 1.82) is 0 Å². The van der Waals surface area contributed by atoms with Gasteiger partial charge in [-0.1, -0.05) is 6.07 Å². The highest BCUT2D eigenvalue weighted by molar-refractivity contribution is 7.87. The van der Waals surface area contributed by atoms with Crippen LogP contribution >= 0.6 is 0 Å². The monoisotopic (exact) mass is 308 g/mol. The van der Waals surface area contributed by atoms with E-state index in [9.17, 15) is 8.42 Å². The van der Waals surface area contributed by atoms with Gasteiger partial charge in [0.05, 0.1) is 0 Å². The number of H-pyrrole nitrogens is 1. The Bertz CT molecular complexity index is 739. The third-order valence-corrected chi connectivity index (χ3v) is 5.49. The maximum Gasteiger partial charge on any atom is 0.279 e. The molecule has 2 heterocycles. The molecule has 0 amide bonds. The van der Waals surface area contributed by atoms with Crippen LogP contribution in [0.3, 0.4) is 0 Å². The van der Waals surface area contributed by atoms with Crippen LogP contribution in [-0.4, -0.2) is 43.9 Å². The van der Waals surface area contributed by atoms with Crippen molar-refractivity contribution >= 4 is 21.1 Å². The molecule has 6 nitrogen and oxygen atoms in total. The van der Waals surface area contributed by atoms with Crippen LogP contribution in [-0.2, 0) is 23.1 Å². The van der Waals surface area contributed by atoms with Crippen molar-refractivity contribution in [1.82, 2.24) is 14.0 Å². The van der Waals surface area contributed by atoms with E-state index in [1.54, 1.807) is 0 Å². The molecule has 114 valence electrons. The van der Waals surface area contributed by atoms with Crippen molar-refractivity contribution in [2.24, 2.45) is 5.73 Å². The van der Waals surface area contributed by atoms with Crippen molar-refractivity contribution in [3.63, 3.8) is 0 Å². The van der Waals surface area contributed by atoms with Crippen LogP contribution < -0.4 is 10.5 Å². The Morgan fingerprint density at radius 3 is 2.86 bits per heavy atom. The summed E-state index contributed by atoms with van der Waals surface area (Å²) in [6.45, 7) is 2.18. The first kappa shape index (κ1) is 14.5. The van der Waals surface area contributed by atoms with E-state index < -0.39 is 10.2 Å². The Morgan fingerprint density at radius 2 is 2.14 bits per heavy atom. The number of aromatic amines is 1. The second kappa shape index (κ2) is 5.76. The van der Waals surface area contributed by atoms with E-state index >= 15 is 0 Å².